The molecule has 2 aliphatic rings. The second-order valence-corrected chi connectivity index (χ2v) is 6.35. The quantitative estimate of drug-likeness (QED) is 0.342. The predicted molar refractivity (Wildman–Crippen MR) is 100 cm³/mol. The van der Waals surface area contributed by atoms with Crippen molar-refractivity contribution in [1.82, 2.24) is 15.6 Å². The molecule has 1 aromatic rings. The van der Waals surface area contributed by atoms with Gasteiger partial charge in [0, 0.05) is 25.2 Å². The van der Waals surface area contributed by atoms with Gasteiger partial charge in [0.1, 0.15) is 0 Å². The molecule has 0 saturated carbocycles. The zero-order chi connectivity index (χ0) is 17.5. The van der Waals surface area contributed by atoms with Crippen molar-refractivity contribution in [2.75, 3.05) is 46.2 Å². The maximum absolute atomic E-state index is 5.38. The summed E-state index contributed by atoms with van der Waals surface area (Å²) in [6.45, 7) is 7.77. The van der Waals surface area contributed by atoms with Crippen LogP contribution in [0.2, 0.25) is 0 Å². The fourth-order valence-electron chi connectivity index (χ4n) is 2.69. The third-order valence-electron chi connectivity index (χ3n) is 4.16. The van der Waals surface area contributed by atoms with Crippen molar-refractivity contribution in [3.8, 4) is 11.5 Å². The third-order valence-corrected chi connectivity index (χ3v) is 4.39. The summed E-state index contributed by atoms with van der Waals surface area (Å²) in [5.74, 6) is 1.51. The fraction of sp³-hybridized carbons (Fsp3) is 0.529. The van der Waals surface area contributed by atoms with Crippen molar-refractivity contribution < 1.29 is 14.2 Å². The second kappa shape index (κ2) is 8.98. The summed E-state index contributed by atoms with van der Waals surface area (Å²) in [4.78, 5) is 2.41. The van der Waals surface area contributed by atoms with Gasteiger partial charge in [0.05, 0.1) is 18.9 Å². The molecule has 2 heterocycles. The van der Waals surface area contributed by atoms with E-state index in [0.717, 1.165) is 68.6 Å². The molecular formula is C17H24N4O3S. The van der Waals surface area contributed by atoms with E-state index in [1.54, 1.807) is 0 Å². The number of nitrogens with one attached hydrogen (secondary N) is 2. The van der Waals surface area contributed by atoms with Gasteiger partial charge < -0.3 is 19.5 Å². The number of benzene rings is 1. The minimum Gasteiger partial charge on any atom is -0.454 e. The molecule has 1 fully saturated rings. The van der Waals surface area contributed by atoms with Gasteiger partial charge in [0.15, 0.2) is 16.6 Å². The highest BCUT2D eigenvalue weighted by atomic mass is 32.1. The van der Waals surface area contributed by atoms with Crippen molar-refractivity contribution in [3.63, 3.8) is 0 Å². The van der Waals surface area contributed by atoms with Gasteiger partial charge in [-0.05, 0) is 50.3 Å². The number of hydrazone groups is 1. The van der Waals surface area contributed by atoms with Crippen LogP contribution < -0.4 is 20.2 Å². The minimum absolute atomic E-state index is 0.270. The highest BCUT2D eigenvalue weighted by molar-refractivity contribution is 7.80. The summed E-state index contributed by atoms with van der Waals surface area (Å²) in [5.41, 5.74) is 4.68. The van der Waals surface area contributed by atoms with Gasteiger partial charge in [-0.2, -0.15) is 5.10 Å². The van der Waals surface area contributed by atoms with Crippen LogP contribution in [0, 0.1) is 0 Å². The van der Waals surface area contributed by atoms with Crippen LogP contribution in [-0.4, -0.2) is 61.9 Å². The van der Waals surface area contributed by atoms with Gasteiger partial charge >= 0.3 is 0 Å². The fourth-order valence-corrected chi connectivity index (χ4v) is 2.84. The highest BCUT2D eigenvalue weighted by Gasteiger charge is 2.14. The first-order valence-electron chi connectivity index (χ1n) is 8.50. The molecule has 0 amide bonds. The van der Waals surface area contributed by atoms with E-state index < -0.39 is 0 Å². The maximum Gasteiger partial charge on any atom is 0.231 e. The van der Waals surface area contributed by atoms with Crippen LogP contribution >= 0.6 is 12.2 Å². The van der Waals surface area contributed by atoms with Crippen LogP contribution in [0.25, 0.3) is 0 Å². The summed E-state index contributed by atoms with van der Waals surface area (Å²) in [6, 6.07) is 5.76. The molecule has 0 bridgehead atoms. The van der Waals surface area contributed by atoms with Crippen LogP contribution in [0.4, 0.5) is 0 Å². The topological polar surface area (TPSA) is 67.4 Å². The molecule has 7 nitrogen and oxygen atoms in total. The molecule has 3 rings (SSSR count). The molecule has 0 aromatic heterocycles. The number of nitrogens with zero attached hydrogens (tertiary/aromatic N) is 2. The summed E-state index contributed by atoms with van der Waals surface area (Å²) < 4.78 is 16.0. The minimum atomic E-state index is 0.270. The summed E-state index contributed by atoms with van der Waals surface area (Å²) >= 11 is 5.26. The van der Waals surface area contributed by atoms with Crippen LogP contribution in [-0.2, 0) is 4.74 Å². The van der Waals surface area contributed by atoms with E-state index in [4.69, 9.17) is 26.4 Å². The molecule has 136 valence electrons. The summed E-state index contributed by atoms with van der Waals surface area (Å²) in [7, 11) is 0. The number of ether oxygens (including phenoxy) is 3. The first-order valence-corrected chi connectivity index (χ1v) is 8.91. The Hall–Kier alpha value is -1.90. The van der Waals surface area contributed by atoms with Gasteiger partial charge in [0.2, 0.25) is 6.79 Å². The number of hydrogen-bond donors (Lipinski definition) is 2. The van der Waals surface area contributed by atoms with Crippen molar-refractivity contribution in [3.05, 3.63) is 23.8 Å². The van der Waals surface area contributed by atoms with E-state index in [1.165, 1.54) is 0 Å². The van der Waals surface area contributed by atoms with E-state index in [1.807, 2.05) is 25.1 Å². The Labute approximate surface area is 153 Å². The van der Waals surface area contributed by atoms with Crippen LogP contribution in [0.3, 0.4) is 0 Å². The summed E-state index contributed by atoms with van der Waals surface area (Å²) in [6.07, 6.45) is 1.03. The van der Waals surface area contributed by atoms with Crippen LogP contribution in [0.5, 0.6) is 11.5 Å². The molecule has 0 atom stereocenters. The normalized spacial score (nSPS) is 17.4. The Morgan fingerprint density at radius 2 is 2.04 bits per heavy atom. The Morgan fingerprint density at radius 3 is 2.88 bits per heavy atom. The number of thiocarbonyl (C=S) groups is 1. The molecule has 0 aliphatic carbocycles. The standard InChI is InChI=1S/C17H24N4O3S/c1-13(14-3-4-15-16(11-14)24-12-23-15)19-20-17(25)18-5-2-6-21-7-9-22-10-8-21/h3-4,11H,2,5-10,12H2,1H3,(H2,18,20,25)/b19-13-. The van der Waals surface area contributed by atoms with Crippen molar-refractivity contribution in [2.45, 2.75) is 13.3 Å². The number of hydrogen-bond acceptors (Lipinski definition) is 6. The van der Waals surface area contributed by atoms with E-state index >= 15 is 0 Å². The Kier molecular flexibility index (Phi) is 6.43. The first kappa shape index (κ1) is 17.9. The maximum atomic E-state index is 5.38. The van der Waals surface area contributed by atoms with Gasteiger partial charge in [0.25, 0.3) is 0 Å². The van der Waals surface area contributed by atoms with E-state index in [9.17, 15) is 0 Å². The SMILES string of the molecule is C/C(=N/NC(=S)NCCCN1CCOCC1)c1ccc2c(c1)OCO2. The molecule has 8 heteroatoms. The smallest absolute Gasteiger partial charge is 0.231 e. The monoisotopic (exact) mass is 364 g/mol. The average molecular weight is 364 g/mol. The van der Waals surface area contributed by atoms with E-state index in [-0.39, 0.29) is 6.79 Å². The molecule has 1 saturated heterocycles. The van der Waals surface area contributed by atoms with Gasteiger partial charge in [-0.25, -0.2) is 0 Å². The zero-order valence-electron chi connectivity index (χ0n) is 14.4. The van der Waals surface area contributed by atoms with Gasteiger partial charge in [-0.1, -0.05) is 0 Å². The molecule has 2 aliphatic heterocycles. The molecule has 0 radical (unpaired) electrons. The first-order chi connectivity index (χ1) is 12.2. The lowest BCUT2D eigenvalue weighted by Crippen LogP contribution is -2.39. The lowest BCUT2D eigenvalue weighted by Gasteiger charge is -2.26. The Morgan fingerprint density at radius 1 is 1.24 bits per heavy atom. The predicted octanol–water partition coefficient (Wildman–Crippen LogP) is 1.33. The highest BCUT2D eigenvalue weighted by Crippen LogP contribution is 2.32. The molecule has 0 spiro atoms. The van der Waals surface area contributed by atoms with Crippen molar-refractivity contribution >= 4 is 23.0 Å². The molecular weight excluding hydrogens is 340 g/mol. The summed E-state index contributed by atoms with van der Waals surface area (Å²) in [5, 5.41) is 8.04. The molecule has 2 N–H and O–H groups in total. The third kappa shape index (κ3) is 5.29. The average Bonchev–Trinajstić information content (AvgIpc) is 3.12. The molecule has 0 unspecified atom stereocenters. The Bertz CT molecular complexity index is 632. The molecule has 1 aromatic carbocycles. The largest absolute Gasteiger partial charge is 0.454 e. The van der Waals surface area contributed by atoms with Crippen LogP contribution in [0.1, 0.15) is 18.9 Å². The number of fused-ring (bicyclic) bond motifs is 1. The van der Waals surface area contributed by atoms with Gasteiger partial charge in [-0.15, -0.1) is 0 Å². The molecule has 25 heavy (non-hydrogen) atoms. The van der Waals surface area contributed by atoms with Crippen molar-refractivity contribution in [1.29, 1.82) is 0 Å². The van der Waals surface area contributed by atoms with Crippen LogP contribution in [0.15, 0.2) is 23.3 Å². The van der Waals surface area contributed by atoms with E-state index in [2.05, 4.69) is 20.7 Å². The van der Waals surface area contributed by atoms with E-state index in [0.29, 0.717) is 5.11 Å². The number of rotatable bonds is 6. The second-order valence-electron chi connectivity index (χ2n) is 5.94. The Balaban J connectivity index is 1.38. The van der Waals surface area contributed by atoms with Crippen molar-refractivity contribution in [2.24, 2.45) is 5.10 Å². The number of morpholine rings is 1. The zero-order valence-corrected chi connectivity index (χ0v) is 15.2. The lowest BCUT2D eigenvalue weighted by atomic mass is 10.1. The lowest BCUT2D eigenvalue weighted by molar-refractivity contribution is 0.0376. The van der Waals surface area contributed by atoms with Gasteiger partial charge in [-0.3, -0.25) is 10.3 Å².